The summed E-state index contributed by atoms with van der Waals surface area (Å²) in [5.41, 5.74) is 0.642. The van der Waals surface area contributed by atoms with Crippen LogP contribution in [0.15, 0.2) is 36.4 Å². The number of rotatable bonds is 5. The van der Waals surface area contributed by atoms with Crippen molar-refractivity contribution in [2.45, 2.75) is 13.0 Å². The van der Waals surface area contributed by atoms with E-state index in [1.165, 1.54) is 6.07 Å². The molecule has 0 saturated carbocycles. The second-order valence-corrected chi connectivity index (χ2v) is 4.02. The fourth-order valence-corrected chi connectivity index (χ4v) is 1.56. The maximum Gasteiger partial charge on any atom is 0.332 e. The van der Waals surface area contributed by atoms with Crippen LogP contribution in [-0.2, 0) is 4.79 Å². The number of carbonyl (C=O) groups is 1. The van der Waals surface area contributed by atoms with Crippen LogP contribution in [0.4, 0.5) is 4.39 Å². The van der Waals surface area contributed by atoms with Crippen LogP contribution in [0.5, 0.6) is 0 Å². The number of likely N-dealkylation sites (N-methyl/N-ethyl adjacent to an activating group) is 1. The van der Waals surface area contributed by atoms with Crippen LogP contribution < -0.4 is 0 Å². The van der Waals surface area contributed by atoms with Crippen molar-refractivity contribution in [3.05, 3.63) is 47.8 Å². The van der Waals surface area contributed by atoms with E-state index in [0.717, 1.165) is 0 Å². The van der Waals surface area contributed by atoms with E-state index in [0.29, 0.717) is 5.56 Å². The summed E-state index contributed by atoms with van der Waals surface area (Å²) in [6.45, 7) is 5.48. The van der Waals surface area contributed by atoms with Gasteiger partial charge in [-0.3, -0.25) is 4.90 Å². The average Bonchev–Trinajstić information content (AvgIpc) is 2.28. The number of aliphatic carboxylic acids is 1. The summed E-state index contributed by atoms with van der Waals surface area (Å²) in [6.07, 6.45) is 0. The molecule has 1 atom stereocenters. The van der Waals surface area contributed by atoms with Gasteiger partial charge in [0, 0.05) is 23.7 Å². The lowest BCUT2D eigenvalue weighted by molar-refractivity contribution is -0.132. The third-order valence-electron chi connectivity index (χ3n) is 2.76. The quantitative estimate of drug-likeness (QED) is 0.800. The van der Waals surface area contributed by atoms with Crippen LogP contribution in [0.3, 0.4) is 0 Å². The maximum atomic E-state index is 13.5. The van der Waals surface area contributed by atoms with Crippen molar-refractivity contribution in [2.75, 3.05) is 13.6 Å². The van der Waals surface area contributed by atoms with E-state index in [1.807, 2.05) is 6.92 Å². The summed E-state index contributed by atoms with van der Waals surface area (Å²) in [7, 11) is 1.74. The Morgan fingerprint density at radius 3 is 2.65 bits per heavy atom. The van der Waals surface area contributed by atoms with Crippen molar-refractivity contribution in [1.29, 1.82) is 0 Å². The molecule has 0 amide bonds. The highest BCUT2D eigenvalue weighted by Gasteiger charge is 2.17. The van der Waals surface area contributed by atoms with Gasteiger partial charge in [0.25, 0.3) is 0 Å². The molecule has 0 aliphatic carbocycles. The molecule has 92 valence electrons. The number of benzene rings is 1. The Morgan fingerprint density at radius 2 is 2.12 bits per heavy atom. The minimum atomic E-state index is -1.03. The standard InChI is InChI=1S/C13H16FNO2/c1-9(13(16)17)8-15(3)10(2)11-6-4-5-7-12(11)14/h4-7,10H,1,8H2,2-3H3,(H,16,17). The average molecular weight is 237 g/mol. The summed E-state index contributed by atoms with van der Waals surface area (Å²) in [4.78, 5) is 12.4. The largest absolute Gasteiger partial charge is 0.478 e. The second kappa shape index (κ2) is 5.59. The first kappa shape index (κ1) is 13.4. The molecule has 17 heavy (non-hydrogen) atoms. The monoisotopic (exact) mass is 237 g/mol. The van der Waals surface area contributed by atoms with Crippen molar-refractivity contribution in [2.24, 2.45) is 0 Å². The number of halogens is 1. The van der Waals surface area contributed by atoms with Gasteiger partial charge in [-0.1, -0.05) is 24.8 Å². The van der Waals surface area contributed by atoms with E-state index in [2.05, 4.69) is 6.58 Å². The smallest absolute Gasteiger partial charge is 0.332 e. The molecule has 0 aromatic heterocycles. The molecule has 3 nitrogen and oxygen atoms in total. The van der Waals surface area contributed by atoms with Crippen molar-refractivity contribution in [3.8, 4) is 0 Å². The highest BCUT2D eigenvalue weighted by atomic mass is 19.1. The van der Waals surface area contributed by atoms with Crippen LogP contribution in [0.1, 0.15) is 18.5 Å². The topological polar surface area (TPSA) is 40.5 Å². The first-order valence-corrected chi connectivity index (χ1v) is 5.29. The van der Waals surface area contributed by atoms with Gasteiger partial charge in [-0.2, -0.15) is 0 Å². The van der Waals surface area contributed by atoms with Gasteiger partial charge in [-0.25, -0.2) is 9.18 Å². The molecule has 0 radical (unpaired) electrons. The minimum absolute atomic E-state index is 0.0932. The van der Waals surface area contributed by atoms with Gasteiger partial charge in [0.1, 0.15) is 5.82 Å². The van der Waals surface area contributed by atoms with E-state index >= 15 is 0 Å². The van der Waals surface area contributed by atoms with Crippen molar-refractivity contribution < 1.29 is 14.3 Å². The molecule has 0 bridgehead atoms. The Bertz CT molecular complexity index is 431. The predicted molar refractivity (Wildman–Crippen MR) is 64.2 cm³/mol. The van der Waals surface area contributed by atoms with E-state index in [4.69, 9.17) is 5.11 Å². The van der Waals surface area contributed by atoms with Crippen LogP contribution in [-0.4, -0.2) is 29.6 Å². The molecule has 0 aliphatic heterocycles. The second-order valence-electron chi connectivity index (χ2n) is 4.02. The molecule has 1 unspecified atom stereocenters. The van der Waals surface area contributed by atoms with Crippen molar-refractivity contribution >= 4 is 5.97 Å². The summed E-state index contributed by atoms with van der Waals surface area (Å²) in [5, 5.41) is 8.74. The van der Waals surface area contributed by atoms with E-state index in [9.17, 15) is 9.18 Å². The number of nitrogens with zero attached hydrogens (tertiary/aromatic N) is 1. The van der Waals surface area contributed by atoms with Crippen LogP contribution in [0.2, 0.25) is 0 Å². The lowest BCUT2D eigenvalue weighted by Crippen LogP contribution is -2.27. The Labute approximate surface area is 100 Å². The van der Waals surface area contributed by atoms with Gasteiger partial charge >= 0.3 is 5.97 Å². The fraction of sp³-hybridized carbons (Fsp3) is 0.308. The zero-order valence-corrected chi connectivity index (χ0v) is 9.98. The van der Waals surface area contributed by atoms with Crippen LogP contribution in [0.25, 0.3) is 0 Å². The molecule has 0 fully saturated rings. The molecule has 1 rings (SSSR count). The fourth-order valence-electron chi connectivity index (χ4n) is 1.56. The summed E-state index contributed by atoms with van der Waals surface area (Å²) >= 11 is 0. The zero-order chi connectivity index (χ0) is 13.0. The third kappa shape index (κ3) is 3.39. The zero-order valence-electron chi connectivity index (χ0n) is 9.98. The molecule has 0 aliphatic rings. The lowest BCUT2D eigenvalue weighted by Gasteiger charge is -2.25. The molecular formula is C13H16FNO2. The van der Waals surface area contributed by atoms with Gasteiger partial charge in [0.05, 0.1) is 0 Å². The maximum absolute atomic E-state index is 13.5. The Morgan fingerprint density at radius 1 is 1.53 bits per heavy atom. The first-order chi connectivity index (χ1) is 7.93. The van der Waals surface area contributed by atoms with E-state index in [1.54, 1.807) is 30.1 Å². The number of carboxylic acid groups (broad SMARTS) is 1. The molecular weight excluding hydrogens is 221 g/mol. The Hall–Kier alpha value is -1.68. The van der Waals surface area contributed by atoms with Crippen LogP contribution >= 0.6 is 0 Å². The SMILES string of the molecule is C=C(CN(C)C(C)c1ccccc1F)C(=O)O. The summed E-state index contributed by atoms with van der Waals surface area (Å²) in [6, 6.07) is 6.27. The third-order valence-corrected chi connectivity index (χ3v) is 2.76. The number of hydrogen-bond acceptors (Lipinski definition) is 2. The minimum Gasteiger partial charge on any atom is -0.478 e. The van der Waals surface area contributed by atoms with Crippen LogP contribution in [0, 0.1) is 5.82 Å². The van der Waals surface area contributed by atoms with Crippen molar-refractivity contribution in [3.63, 3.8) is 0 Å². The number of carboxylic acids is 1. The van der Waals surface area contributed by atoms with Gasteiger partial charge in [0.2, 0.25) is 0 Å². The first-order valence-electron chi connectivity index (χ1n) is 5.29. The normalized spacial score (nSPS) is 12.5. The van der Waals surface area contributed by atoms with Gasteiger partial charge in [-0.05, 0) is 20.0 Å². The van der Waals surface area contributed by atoms with Gasteiger partial charge < -0.3 is 5.11 Å². The van der Waals surface area contributed by atoms with E-state index in [-0.39, 0.29) is 24.0 Å². The molecule has 0 saturated heterocycles. The number of hydrogen-bond donors (Lipinski definition) is 1. The highest BCUT2D eigenvalue weighted by Crippen LogP contribution is 2.21. The van der Waals surface area contributed by atoms with E-state index < -0.39 is 5.97 Å². The molecule has 0 spiro atoms. The summed E-state index contributed by atoms with van der Waals surface area (Å²) < 4.78 is 13.5. The molecule has 1 N–H and O–H groups in total. The molecule has 1 aromatic carbocycles. The molecule has 4 heteroatoms. The predicted octanol–water partition coefficient (Wildman–Crippen LogP) is 2.46. The highest BCUT2D eigenvalue weighted by molar-refractivity contribution is 5.86. The molecule has 1 aromatic rings. The Kier molecular flexibility index (Phi) is 4.40. The van der Waals surface area contributed by atoms with Gasteiger partial charge in [-0.15, -0.1) is 0 Å². The Balaban J connectivity index is 2.77. The molecule has 0 heterocycles. The lowest BCUT2D eigenvalue weighted by atomic mass is 10.1. The summed E-state index contributed by atoms with van der Waals surface area (Å²) in [5.74, 6) is -1.31. The van der Waals surface area contributed by atoms with Crippen molar-refractivity contribution in [1.82, 2.24) is 4.90 Å². The van der Waals surface area contributed by atoms with Gasteiger partial charge in [0.15, 0.2) is 0 Å².